The summed E-state index contributed by atoms with van der Waals surface area (Å²) in [6.07, 6.45) is 0.596. The van der Waals surface area contributed by atoms with Crippen molar-refractivity contribution in [2.24, 2.45) is 11.5 Å². The van der Waals surface area contributed by atoms with E-state index in [1.165, 1.54) is 12.1 Å². The molecule has 5 nitrogen and oxygen atoms in total. The number of hydrogen-bond acceptors (Lipinski definition) is 2. The van der Waals surface area contributed by atoms with Gasteiger partial charge in [0.05, 0.1) is 10.7 Å². The van der Waals surface area contributed by atoms with Crippen molar-refractivity contribution in [1.82, 2.24) is 4.57 Å². The molecule has 28 heavy (non-hydrogen) atoms. The molecular weight excluding hydrogens is 381 g/mol. The van der Waals surface area contributed by atoms with Crippen molar-refractivity contribution >= 4 is 23.4 Å². The van der Waals surface area contributed by atoms with Crippen molar-refractivity contribution in [3.8, 4) is 16.9 Å². The van der Waals surface area contributed by atoms with Crippen LogP contribution in [0.2, 0.25) is 5.02 Å². The number of primary amides is 2. The van der Waals surface area contributed by atoms with Crippen LogP contribution in [0.4, 0.5) is 4.39 Å². The van der Waals surface area contributed by atoms with E-state index in [-0.39, 0.29) is 11.4 Å². The molecule has 0 spiro atoms. The Morgan fingerprint density at radius 3 is 2.43 bits per heavy atom. The van der Waals surface area contributed by atoms with E-state index in [1.54, 1.807) is 24.3 Å². The average Bonchev–Trinajstić information content (AvgIpc) is 3.05. The molecule has 0 aliphatic heterocycles. The lowest BCUT2D eigenvalue weighted by molar-refractivity contribution is -0.118. The van der Waals surface area contributed by atoms with Gasteiger partial charge in [-0.1, -0.05) is 17.7 Å². The SMILES string of the molecule is Cc1cc(C(N)=O)ccc1-n1c(CCC(N)=O)ccc1-c1ccc(Cl)c(F)c1. The first-order chi connectivity index (χ1) is 13.3. The van der Waals surface area contributed by atoms with E-state index < -0.39 is 17.6 Å². The number of benzene rings is 2. The minimum absolute atomic E-state index is 0.0396. The Morgan fingerprint density at radius 1 is 1.07 bits per heavy atom. The number of amides is 2. The highest BCUT2D eigenvalue weighted by Crippen LogP contribution is 2.31. The van der Waals surface area contributed by atoms with Crippen LogP contribution in [0, 0.1) is 12.7 Å². The van der Waals surface area contributed by atoms with E-state index in [0.717, 1.165) is 22.6 Å². The number of carbonyl (C=O) groups excluding carboxylic acids is 2. The summed E-state index contributed by atoms with van der Waals surface area (Å²) in [5.41, 5.74) is 14.8. The largest absolute Gasteiger partial charge is 0.370 e. The molecule has 0 aliphatic rings. The molecule has 1 heterocycles. The van der Waals surface area contributed by atoms with Gasteiger partial charge >= 0.3 is 0 Å². The quantitative estimate of drug-likeness (QED) is 0.660. The number of halogens is 2. The number of nitrogens with zero attached hydrogens (tertiary/aromatic N) is 1. The topological polar surface area (TPSA) is 91.1 Å². The Morgan fingerprint density at radius 2 is 1.82 bits per heavy atom. The number of hydrogen-bond donors (Lipinski definition) is 2. The second-order valence-corrected chi connectivity index (χ2v) is 6.91. The first-order valence-corrected chi connectivity index (χ1v) is 9.01. The first-order valence-electron chi connectivity index (χ1n) is 8.63. The fourth-order valence-corrected chi connectivity index (χ4v) is 3.27. The Kier molecular flexibility index (Phi) is 5.51. The Labute approximate surface area is 166 Å². The molecular formula is C21H19ClFN3O2. The normalized spacial score (nSPS) is 10.8. The molecule has 7 heteroatoms. The lowest BCUT2D eigenvalue weighted by Crippen LogP contribution is -2.14. The summed E-state index contributed by atoms with van der Waals surface area (Å²) in [4.78, 5) is 22.7. The summed E-state index contributed by atoms with van der Waals surface area (Å²) in [7, 11) is 0. The van der Waals surface area contributed by atoms with Gasteiger partial charge in [-0.15, -0.1) is 0 Å². The fraction of sp³-hybridized carbons (Fsp3) is 0.143. The van der Waals surface area contributed by atoms with Crippen LogP contribution in [-0.4, -0.2) is 16.4 Å². The maximum absolute atomic E-state index is 14.0. The van der Waals surface area contributed by atoms with Crippen molar-refractivity contribution < 1.29 is 14.0 Å². The van der Waals surface area contributed by atoms with Crippen LogP contribution in [0.15, 0.2) is 48.5 Å². The van der Waals surface area contributed by atoms with E-state index in [2.05, 4.69) is 0 Å². The molecule has 0 radical (unpaired) electrons. The van der Waals surface area contributed by atoms with Gasteiger partial charge in [0, 0.05) is 28.9 Å². The van der Waals surface area contributed by atoms with Crippen molar-refractivity contribution in [3.63, 3.8) is 0 Å². The molecule has 2 aromatic carbocycles. The van der Waals surface area contributed by atoms with E-state index in [4.69, 9.17) is 23.1 Å². The molecule has 0 bridgehead atoms. The van der Waals surface area contributed by atoms with E-state index in [1.807, 2.05) is 23.6 Å². The number of nitrogens with two attached hydrogens (primary N) is 2. The van der Waals surface area contributed by atoms with Crippen molar-refractivity contribution in [1.29, 1.82) is 0 Å². The number of rotatable bonds is 6. The predicted molar refractivity (Wildman–Crippen MR) is 107 cm³/mol. The van der Waals surface area contributed by atoms with E-state index >= 15 is 0 Å². The third-order valence-corrected chi connectivity index (χ3v) is 4.83. The number of carbonyl (C=O) groups is 2. The molecule has 0 saturated carbocycles. The molecule has 0 saturated heterocycles. The van der Waals surface area contributed by atoms with Crippen LogP contribution in [-0.2, 0) is 11.2 Å². The summed E-state index contributed by atoms with van der Waals surface area (Å²) in [6, 6.07) is 13.4. The maximum Gasteiger partial charge on any atom is 0.248 e. The van der Waals surface area contributed by atoms with Gasteiger partial charge in [-0.25, -0.2) is 4.39 Å². The van der Waals surface area contributed by atoms with Gasteiger partial charge in [-0.3, -0.25) is 9.59 Å². The van der Waals surface area contributed by atoms with Crippen molar-refractivity contribution in [2.75, 3.05) is 0 Å². The van der Waals surface area contributed by atoms with E-state index in [0.29, 0.717) is 17.5 Å². The van der Waals surface area contributed by atoms with Crippen molar-refractivity contribution in [2.45, 2.75) is 19.8 Å². The van der Waals surface area contributed by atoms with Crippen LogP contribution in [0.25, 0.3) is 16.9 Å². The molecule has 0 fully saturated rings. The number of aryl methyl sites for hydroxylation is 2. The molecule has 4 N–H and O–H groups in total. The van der Waals surface area contributed by atoms with Crippen molar-refractivity contribution in [3.05, 3.63) is 76.2 Å². The van der Waals surface area contributed by atoms with Gasteiger partial charge in [0.25, 0.3) is 0 Å². The Hall–Kier alpha value is -3.12. The van der Waals surface area contributed by atoms with Gasteiger partial charge < -0.3 is 16.0 Å². The third kappa shape index (κ3) is 3.92. The van der Waals surface area contributed by atoms with Gasteiger partial charge in [-0.05, 0) is 61.4 Å². The van der Waals surface area contributed by atoms with E-state index in [9.17, 15) is 14.0 Å². The minimum atomic E-state index is -0.522. The van der Waals surface area contributed by atoms with Crippen LogP contribution >= 0.6 is 11.6 Å². The Balaban J connectivity index is 2.18. The monoisotopic (exact) mass is 399 g/mol. The molecule has 0 atom stereocenters. The highest BCUT2D eigenvalue weighted by atomic mass is 35.5. The lowest BCUT2D eigenvalue weighted by Gasteiger charge is -2.17. The van der Waals surface area contributed by atoms with Crippen LogP contribution in [0.5, 0.6) is 0 Å². The Bertz CT molecular complexity index is 1080. The van der Waals surface area contributed by atoms with Crippen LogP contribution in [0.3, 0.4) is 0 Å². The number of aromatic nitrogens is 1. The minimum Gasteiger partial charge on any atom is -0.370 e. The molecule has 0 unspecified atom stereocenters. The molecule has 1 aromatic heterocycles. The average molecular weight is 400 g/mol. The summed E-state index contributed by atoms with van der Waals surface area (Å²) >= 11 is 5.81. The second kappa shape index (κ2) is 7.86. The summed E-state index contributed by atoms with van der Waals surface area (Å²) in [5, 5.41) is 0.0396. The molecule has 144 valence electrons. The van der Waals surface area contributed by atoms with Gasteiger partial charge in [0.15, 0.2) is 0 Å². The predicted octanol–water partition coefficient (Wildman–Crippen LogP) is 3.76. The van der Waals surface area contributed by atoms with Crippen LogP contribution in [0.1, 0.15) is 28.0 Å². The zero-order valence-corrected chi connectivity index (χ0v) is 16.0. The molecule has 2 amide bonds. The fourth-order valence-electron chi connectivity index (χ4n) is 3.15. The highest BCUT2D eigenvalue weighted by Gasteiger charge is 2.16. The zero-order chi connectivity index (χ0) is 20.4. The van der Waals surface area contributed by atoms with Gasteiger partial charge in [0.1, 0.15) is 5.82 Å². The molecule has 0 aliphatic carbocycles. The molecule has 3 rings (SSSR count). The van der Waals surface area contributed by atoms with Gasteiger partial charge in [0.2, 0.25) is 11.8 Å². The summed E-state index contributed by atoms with van der Waals surface area (Å²) < 4.78 is 15.9. The zero-order valence-electron chi connectivity index (χ0n) is 15.2. The third-order valence-electron chi connectivity index (χ3n) is 4.53. The smallest absolute Gasteiger partial charge is 0.248 e. The first kappa shape index (κ1) is 19.6. The second-order valence-electron chi connectivity index (χ2n) is 6.51. The van der Waals surface area contributed by atoms with Gasteiger partial charge in [-0.2, -0.15) is 0 Å². The lowest BCUT2D eigenvalue weighted by atomic mass is 10.1. The molecule has 3 aromatic rings. The summed E-state index contributed by atoms with van der Waals surface area (Å²) in [5.74, 6) is -1.45. The summed E-state index contributed by atoms with van der Waals surface area (Å²) in [6.45, 7) is 1.85. The highest BCUT2D eigenvalue weighted by molar-refractivity contribution is 6.30. The maximum atomic E-state index is 14.0. The van der Waals surface area contributed by atoms with Crippen LogP contribution < -0.4 is 11.5 Å². The standard InChI is InChI=1S/C21H19ClFN3O2/c1-12-10-14(21(25)28)3-7-18(12)26-15(5-9-20(24)27)4-8-19(26)13-2-6-16(22)17(23)11-13/h2-4,6-8,10-11H,5,9H2,1H3,(H2,24,27)(H2,25,28).